The molecule has 1 N–H and O–H groups in total. The fourth-order valence-electron chi connectivity index (χ4n) is 2.71. The van der Waals surface area contributed by atoms with Gasteiger partial charge < -0.3 is 14.7 Å². The number of aromatic nitrogens is 1. The van der Waals surface area contributed by atoms with Crippen LogP contribution in [0.2, 0.25) is 0 Å². The number of pyridine rings is 1. The number of amides is 1. The minimum Gasteiger partial charge on any atom is -0.444 e. The number of hydrogen-bond donors (Lipinski definition) is 1. The molecule has 2 rings (SSSR count). The molecular weight excluding hydrogens is 313 g/mol. The molecule has 0 saturated carbocycles. The van der Waals surface area contributed by atoms with E-state index >= 15 is 0 Å². The maximum absolute atomic E-state index is 12.9. The number of carbonyl (C=O) groups excluding carboxylic acids is 1. The Hall–Kier alpha value is -1.73. The molecule has 134 valence electrons. The Kier molecular flexibility index (Phi) is 5.77. The second-order valence-electron chi connectivity index (χ2n) is 7.20. The normalized spacial score (nSPS) is 20.8. The summed E-state index contributed by atoms with van der Waals surface area (Å²) >= 11 is 0. The largest absolute Gasteiger partial charge is 0.444 e. The standard InChI is InChI=1S/C17H26FN3O3/c1-12-10-20(7-8-21(12)16(23)24-17(2,3)4)11-15(22)14-6-5-13(18)9-19-14/h5-6,9,12,15,22H,7-8,10-11H2,1-4H3/t12-,15?/m1/s1. The zero-order chi connectivity index (χ0) is 17.9. The van der Waals surface area contributed by atoms with E-state index in [1.807, 2.05) is 27.7 Å². The van der Waals surface area contributed by atoms with Crippen LogP contribution in [0.15, 0.2) is 18.3 Å². The van der Waals surface area contributed by atoms with Gasteiger partial charge in [-0.05, 0) is 39.8 Å². The molecule has 2 heterocycles. The van der Waals surface area contributed by atoms with Crippen LogP contribution in [0.25, 0.3) is 0 Å². The number of halogens is 1. The summed E-state index contributed by atoms with van der Waals surface area (Å²) in [4.78, 5) is 19.9. The van der Waals surface area contributed by atoms with Crippen molar-refractivity contribution in [2.45, 2.75) is 45.4 Å². The first-order chi connectivity index (χ1) is 11.2. The van der Waals surface area contributed by atoms with E-state index < -0.39 is 17.5 Å². The average molecular weight is 339 g/mol. The highest BCUT2D eigenvalue weighted by molar-refractivity contribution is 5.68. The van der Waals surface area contributed by atoms with Crippen LogP contribution in [0.5, 0.6) is 0 Å². The maximum Gasteiger partial charge on any atom is 0.410 e. The first kappa shape index (κ1) is 18.6. The van der Waals surface area contributed by atoms with Crippen molar-refractivity contribution in [3.8, 4) is 0 Å². The number of aliphatic hydroxyl groups excluding tert-OH is 1. The smallest absolute Gasteiger partial charge is 0.410 e. The van der Waals surface area contributed by atoms with Gasteiger partial charge >= 0.3 is 6.09 Å². The topological polar surface area (TPSA) is 65.9 Å². The Morgan fingerprint density at radius 3 is 2.71 bits per heavy atom. The van der Waals surface area contributed by atoms with Crippen LogP contribution in [0.3, 0.4) is 0 Å². The molecule has 1 amide bonds. The Balaban J connectivity index is 1.88. The number of hydrogen-bond acceptors (Lipinski definition) is 5. The van der Waals surface area contributed by atoms with Crippen LogP contribution < -0.4 is 0 Å². The van der Waals surface area contributed by atoms with E-state index in [-0.39, 0.29) is 12.1 Å². The zero-order valence-corrected chi connectivity index (χ0v) is 14.7. The summed E-state index contributed by atoms with van der Waals surface area (Å²) in [6.07, 6.45) is 0.00279. The van der Waals surface area contributed by atoms with Gasteiger partial charge in [-0.2, -0.15) is 0 Å². The molecule has 1 aromatic heterocycles. The number of nitrogens with zero attached hydrogens (tertiary/aromatic N) is 3. The predicted octanol–water partition coefficient (Wildman–Crippen LogP) is 2.20. The highest BCUT2D eigenvalue weighted by atomic mass is 19.1. The van der Waals surface area contributed by atoms with Gasteiger partial charge in [-0.3, -0.25) is 9.88 Å². The van der Waals surface area contributed by atoms with Crippen LogP contribution in [0, 0.1) is 5.82 Å². The second kappa shape index (κ2) is 7.44. The molecule has 0 aromatic carbocycles. The quantitative estimate of drug-likeness (QED) is 0.914. The highest BCUT2D eigenvalue weighted by Crippen LogP contribution is 2.18. The fraction of sp³-hybridized carbons (Fsp3) is 0.647. The lowest BCUT2D eigenvalue weighted by Crippen LogP contribution is -2.55. The van der Waals surface area contributed by atoms with E-state index in [2.05, 4.69) is 9.88 Å². The SMILES string of the molecule is C[C@@H]1CN(CC(O)c2ccc(F)cn2)CCN1C(=O)OC(C)(C)C. The number of piperazine rings is 1. The van der Waals surface area contributed by atoms with Crippen molar-refractivity contribution < 1.29 is 19.0 Å². The first-order valence-electron chi connectivity index (χ1n) is 8.17. The Morgan fingerprint density at radius 1 is 1.46 bits per heavy atom. The van der Waals surface area contributed by atoms with Gasteiger partial charge in [-0.25, -0.2) is 9.18 Å². The Morgan fingerprint density at radius 2 is 2.17 bits per heavy atom. The minimum absolute atomic E-state index is 0.0121. The van der Waals surface area contributed by atoms with Gasteiger partial charge in [0.25, 0.3) is 0 Å². The van der Waals surface area contributed by atoms with Crippen LogP contribution in [-0.4, -0.2) is 63.8 Å². The number of rotatable bonds is 3. The first-order valence-corrected chi connectivity index (χ1v) is 8.17. The molecule has 1 aliphatic heterocycles. The molecule has 1 unspecified atom stereocenters. The molecule has 2 atom stereocenters. The van der Waals surface area contributed by atoms with E-state index in [1.54, 1.807) is 4.90 Å². The average Bonchev–Trinajstić information content (AvgIpc) is 2.46. The lowest BCUT2D eigenvalue weighted by molar-refractivity contribution is -0.00445. The van der Waals surface area contributed by atoms with E-state index in [0.29, 0.717) is 31.9 Å². The Bertz CT molecular complexity index is 559. The molecular formula is C17H26FN3O3. The molecule has 7 heteroatoms. The lowest BCUT2D eigenvalue weighted by Gasteiger charge is -2.40. The van der Waals surface area contributed by atoms with Gasteiger partial charge in [0.2, 0.25) is 0 Å². The molecule has 1 aliphatic rings. The van der Waals surface area contributed by atoms with Crippen LogP contribution in [0.1, 0.15) is 39.5 Å². The molecule has 1 aromatic rings. The van der Waals surface area contributed by atoms with Crippen molar-refractivity contribution in [2.24, 2.45) is 0 Å². The molecule has 0 aliphatic carbocycles. The minimum atomic E-state index is -0.786. The number of aliphatic hydroxyl groups is 1. The summed E-state index contributed by atoms with van der Waals surface area (Å²) in [6, 6.07) is 2.76. The number of ether oxygens (including phenoxy) is 1. The van der Waals surface area contributed by atoms with Crippen molar-refractivity contribution >= 4 is 6.09 Å². The van der Waals surface area contributed by atoms with Gasteiger partial charge in [-0.1, -0.05) is 0 Å². The molecule has 0 radical (unpaired) electrons. The van der Waals surface area contributed by atoms with E-state index in [0.717, 1.165) is 6.20 Å². The Labute approximate surface area is 142 Å². The van der Waals surface area contributed by atoms with Crippen molar-refractivity contribution in [2.75, 3.05) is 26.2 Å². The van der Waals surface area contributed by atoms with Crippen molar-refractivity contribution in [1.29, 1.82) is 0 Å². The van der Waals surface area contributed by atoms with Crippen molar-refractivity contribution in [1.82, 2.24) is 14.8 Å². The van der Waals surface area contributed by atoms with Crippen molar-refractivity contribution in [3.63, 3.8) is 0 Å². The van der Waals surface area contributed by atoms with Gasteiger partial charge in [0, 0.05) is 32.2 Å². The zero-order valence-electron chi connectivity index (χ0n) is 14.7. The monoisotopic (exact) mass is 339 g/mol. The van der Waals surface area contributed by atoms with Gasteiger partial charge in [0.05, 0.1) is 11.9 Å². The maximum atomic E-state index is 12.9. The molecule has 24 heavy (non-hydrogen) atoms. The molecule has 1 fully saturated rings. The summed E-state index contributed by atoms with van der Waals surface area (Å²) in [5.41, 5.74) is -0.0723. The summed E-state index contributed by atoms with van der Waals surface area (Å²) in [5, 5.41) is 10.2. The third-order valence-corrected chi connectivity index (χ3v) is 3.86. The van der Waals surface area contributed by atoms with E-state index in [1.165, 1.54) is 12.1 Å². The van der Waals surface area contributed by atoms with Crippen LogP contribution in [0.4, 0.5) is 9.18 Å². The fourth-order valence-corrected chi connectivity index (χ4v) is 2.71. The molecule has 6 nitrogen and oxygen atoms in total. The third-order valence-electron chi connectivity index (χ3n) is 3.86. The summed E-state index contributed by atoms with van der Waals surface area (Å²) in [5.74, 6) is -0.425. The van der Waals surface area contributed by atoms with Crippen molar-refractivity contribution in [3.05, 3.63) is 29.8 Å². The third kappa shape index (κ3) is 5.14. The summed E-state index contributed by atoms with van der Waals surface area (Å²) in [7, 11) is 0. The van der Waals surface area contributed by atoms with Crippen LogP contribution >= 0.6 is 0 Å². The summed E-state index contributed by atoms with van der Waals surface area (Å²) < 4.78 is 18.3. The van der Waals surface area contributed by atoms with Gasteiger partial charge in [0.15, 0.2) is 0 Å². The summed E-state index contributed by atoms with van der Waals surface area (Å²) in [6.45, 7) is 9.70. The van der Waals surface area contributed by atoms with E-state index in [9.17, 15) is 14.3 Å². The molecule has 1 saturated heterocycles. The molecule has 0 spiro atoms. The van der Waals surface area contributed by atoms with Crippen LogP contribution in [-0.2, 0) is 4.74 Å². The van der Waals surface area contributed by atoms with E-state index in [4.69, 9.17) is 4.74 Å². The predicted molar refractivity (Wildman–Crippen MR) is 88.0 cm³/mol. The van der Waals surface area contributed by atoms with Gasteiger partial charge in [-0.15, -0.1) is 0 Å². The number of carbonyl (C=O) groups is 1. The highest BCUT2D eigenvalue weighted by Gasteiger charge is 2.31. The second-order valence-corrected chi connectivity index (χ2v) is 7.20. The molecule has 0 bridgehead atoms. The lowest BCUT2D eigenvalue weighted by atomic mass is 10.1. The number of β-amino-alcohol motifs (C(OH)–C–C–N with tert-alkyl or cyclic N) is 1. The van der Waals surface area contributed by atoms with Gasteiger partial charge in [0.1, 0.15) is 17.5 Å².